The van der Waals surface area contributed by atoms with E-state index in [9.17, 15) is 4.79 Å². The van der Waals surface area contributed by atoms with Crippen molar-refractivity contribution in [1.29, 1.82) is 0 Å². The van der Waals surface area contributed by atoms with Gasteiger partial charge in [0, 0.05) is 25.8 Å². The van der Waals surface area contributed by atoms with Crippen LogP contribution in [0.25, 0.3) is 16.6 Å². The fourth-order valence-electron chi connectivity index (χ4n) is 3.58. The Bertz CT molecular complexity index is 939. The van der Waals surface area contributed by atoms with Gasteiger partial charge in [-0.2, -0.15) is 0 Å². The van der Waals surface area contributed by atoms with Gasteiger partial charge in [-0.15, -0.1) is 10.2 Å². The number of carbonyl (C=O) groups excluding carboxylic acids is 1. The van der Waals surface area contributed by atoms with Crippen LogP contribution in [0.3, 0.4) is 0 Å². The smallest absolute Gasteiger partial charge is 0.410 e. The molecule has 0 saturated carbocycles. The van der Waals surface area contributed by atoms with Gasteiger partial charge in [0.2, 0.25) is 0 Å². The molecule has 142 valence electrons. The summed E-state index contributed by atoms with van der Waals surface area (Å²) in [6.07, 6.45) is 6.30. The number of ether oxygens (including phenoxy) is 1. The van der Waals surface area contributed by atoms with E-state index >= 15 is 0 Å². The third kappa shape index (κ3) is 3.82. The summed E-state index contributed by atoms with van der Waals surface area (Å²) in [5.41, 5.74) is 1.76. The van der Waals surface area contributed by atoms with Crippen LogP contribution in [-0.4, -0.2) is 49.0 Å². The number of fused-ring (bicyclic) bond motifs is 1. The van der Waals surface area contributed by atoms with Gasteiger partial charge >= 0.3 is 6.09 Å². The molecule has 1 saturated heterocycles. The number of likely N-dealkylation sites (tertiary alicyclic amines) is 1. The summed E-state index contributed by atoms with van der Waals surface area (Å²) in [5, 5.41) is 8.96. The van der Waals surface area contributed by atoms with Gasteiger partial charge < -0.3 is 14.2 Å². The Morgan fingerprint density at radius 2 is 2.00 bits per heavy atom. The van der Waals surface area contributed by atoms with E-state index in [2.05, 4.69) is 45.2 Å². The van der Waals surface area contributed by atoms with Crippen molar-refractivity contribution in [3.63, 3.8) is 0 Å². The van der Waals surface area contributed by atoms with Gasteiger partial charge in [0.1, 0.15) is 18.3 Å². The molecule has 0 spiro atoms. The van der Waals surface area contributed by atoms with Gasteiger partial charge in [-0.1, -0.05) is 6.07 Å². The third-order valence-electron chi connectivity index (χ3n) is 4.87. The zero-order valence-corrected chi connectivity index (χ0v) is 16.0. The van der Waals surface area contributed by atoms with Crippen molar-refractivity contribution in [2.45, 2.75) is 39.3 Å². The number of nitrogens with zero attached hydrogens (tertiary/aromatic N) is 5. The van der Waals surface area contributed by atoms with Crippen LogP contribution >= 0.6 is 0 Å². The topological polar surface area (TPSA) is 65.2 Å². The highest BCUT2D eigenvalue weighted by atomic mass is 16.6. The lowest BCUT2D eigenvalue weighted by atomic mass is 10.1. The van der Waals surface area contributed by atoms with Crippen LogP contribution in [0.4, 0.5) is 4.79 Å². The second-order valence-electron chi connectivity index (χ2n) is 8.16. The van der Waals surface area contributed by atoms with E-state index in [-0.39, 0.29) is 6.09 Å². The first-order valence-electron chi connectivity index (χ1n) is 9.31. The average molecular weight is 367 g/mol. The van der Waals surface area contributed by atoms with E-state index < -0.39 is 5.60 Å². The molecule has 0 bridgehead atoms. The van der Waals surface area contributed by atoms with Crippen molar-refractivity contribution < 1.29 is 9.53 Å². The normalized spacial score (nSPS) is 17.6. The number of rotatable bonds is 3. The maximum absolute atomic E-state index is 12.3. The molecule has 1 unspecified atom stereocenters. The Morgan fingerprint density at radius 1 is 1.22 bits per heavy atom. The lowest BCUT2D eigenvalue weighted by molar-refractivity contribution is 0.0287. The SMILES string of the molecule is CC(C)(C)OC(=O)N1CCC(Cn2ccc3ccc(-n4cnnc4)cc32)C1. The molecule has 2 aromatic heterocycles. The van der Waals surface area contributed by atoms with E-state index in [0.29, 0.717) is 5.92 Å². The van der Waals surface area contributed by atoms with Gasteiger partial charge in [-0.25, -0.2) is 4.79 Å². The predicted molar refractivity (Wildman–Crippen MR) is 103 cm³/mol. The number of benzene rings is 1. The standard InChI is InChI=1S/C20H25N5O2/c1-20(2,3)27-19(26)24-8-6-15(12-24)11-23-9-7-16-4-5-17(10-18(16)23)25-13-21-22-14-25/h4-5,7,9-10,13-15H,6,8,11-12H2,1-3H3. The molecule has 27 heavy (non-hydrogen) atoms. The van der Waals surface area contributed by atoms with E-state index in [0.717, 1.165) is 31.7 Å². The Kier molecular flexibility index (Phi) is 4.37. The summed E-state index contributed by atoms with van der Waals surface area (Å²) in [6.45, 7) is 8.08. The summed E-state index contributed by atoms with van der Waals surface area (Å²) in [6, 6.07) is 8.46. The fraction of sp³-hybridized carbons (Fsp3) is 0.450. The van der Waals surface area contributed by atoms with E-state index in [1.165, 1.54) is 10.9 Å². The summed E-state index contributed by atoms with van der Waals surface area (Å²) >= 11 is 0. The van der Waals surface area contributed by atoms with Crippen molar-refractivity contribution in [2.75, 3.05) is 13.1 Å². The minimum absolute atomic E-state index is 0.211. The lowest BCUT2D eigenvalue weighted by Crippen LogP contribution is -2.35. The Morgan fingerprint density at radius 3 is 2.74 bits per heavy atom. The summed E-state index contributed by atoms with van der Waals surface area (Å²) in [5.74, 6) is 0.423. The van der Waals surface area contributed by atoms with Crippen LogP contribution in [-0.2, 0) is 11.3 Å². The number of aromatic nitrogens is 4. The maximum Gasteiger partial charge on any atom is 0.410 e. The number of amides is 1. The molecule has 1 amide bonds. The second kappa shape index (κ2) is 6.72. The van der Waals surface area contributed by atoms with Crippen molar-refractivity contribution in [2.24, 2.45) is 5.92 Å². The van der Waals surface area contributed by atoms with Crippen molar-refractivity contribution in [1.82, 2.24) is 24.2 Å². The summed E-state index contributed by atoms with van der Waals surface area (Å²) in [7, 11) is 0. The third-order valence-corrected chi connectivity index (χ3v) is 4.87. The zero-order valence-electron chi connectivity index (χ0n) is 16.0. The van der Waals surface area contributed by atoms with Gasteiger partial charge in [0.05, 0.1) is 11.2 Å². The summed E-state index contributed by atoms with van der Waals surface area (Å²) in [4.78, 5) is 14.1. The van der Waals surface area contributed by atoms with Crippen LogP contribution in [0.5, 0.6) is 0 Å². The molecule has 4 rings (SSSR count). The number of hydrogen-bond donors (Lipinski definition) is 0. The Labute approximate surface area is 158 Å². The van der Waals surface area contributed by atoms with E-state index in [1.54, 1.807) is 12.7 Å². The molecular weight excluding hydrogens is 342 g/mol. The molecule has 3 aromatic rings. The largest absolute Gasteiger partial charge is 0.444 e. The predicted octanol–water partition coefficient (Wildman–Crippen LogP) is 3.48. The zero-order chi connectivity index (χ0) is 19.0. The van der Waals surface area contributed by atoms with Gasteiger partial charge in [0.15, 0.2) is 0 Å². The Hall–Kier alpha value is -2.83. The minimum Gasteiger partial charge on any atom is -0.444 e. The molecule has 0 radical (unpaired) electrons. The quantitative estimate of drug-likeness (QED) is 0.711. The molecule has 0 N–H and O–H groups in total. The first-order chi connectivity index (χ1) is 12.9. The van der Waals surface area contributed by atoms with Crippen molar-refractivity contribution in [3.05, 3.63) is 43.1 Å². The fourth-order valence-corrected chi connectivity index (χ4v) is 3.58. The van der Waals surface area contributed by atoms with Crippen molar-refractivity contribution in [3.8, 4) is 5.69 Å². The lowest BCUT2D eigenvalue weighted by Gasteiger charge is -2.24. The summed E-state index contributed by atoms with van der Waals surface area (Å²) < 4.78 is 9.67. The molecule has 0 aliphatic carbocycles. The highest BCUT2D eigenvalue weighted by Crippen LogP contribution is 2.25. The molecule has 7 heteroatoms. The number of hydrogen-bond acceptors (Lipinski definition) is 4. The molecule has 1 aliphatic rings. The Balaban J connectivity index is 1.48. The average Bonchev–Trinajstić information content (AvgIpc) is 3.34. The van der Waals surface area contributed by atoms with Crippen LogP contribution in [0, 0.1) is 5.92 Å². The van der Waals surface area contributed by atoms with E-state index in [1.807, 2.05) is 30.2 Å². The highest BCUT2D eigenvalue weighted by Gasteiger charge is 2.30. The molecule has 1 aliphatic heterocycles. The van der Waals surface area contributed by atoms with Gasteiger partial charge in [0.25, 0.3) is 0 Å². The van der Waals surface area contributed by atoms with Gasteiger partial charge in [-0.3, -0.25) is 4.57 Å². The molecule has 3 heterocycles. The molecule has 1 aromatic carbocycles. The van der Waals surface area contributed by atoms with E-state index in [4.69, 9.17) is 4.74 Å². The first-order valence-corrected chi connectivity index (χ1v) is 9.31. The molecule has 7 nitrogen and oxygen atoms in total. The van der Waals surface area contributed by atoms with Crippen LogP contribution in [0.15, 0.2) is 43.1 Å². The number of carbonyl (C=O) groups is 1. The van der Waals surface area contributed by atoms with Crippen LogP contribution in [0.2, 0.25) is 0 Å². The molecule has 1 atom stereocenters. The maximum atomic E-state index is 12.3. The first kappa shape index (κ1) is 17.6. The second-order valence-corrected chi connectivity index (χ2v) is 8.16. The van der Waals surface area contributed by atoms with Crippen LogP contribution in [0.1, 0.15) is 27.2 Å². The van der Waals surface area contributed by atoms with Crippen LogP contribution < -0.4 is 0 Å². The van der Waals surface area contributed by atoms with Gasteiger partial charge in [-0.05, 0) is 56.7 Å². The molecular formula is C20H25N5O2. The molecule has 1 fully saturated rings. The minimum atomic E-state index is -0.454. The monoisotopic (exact) mass is 367 g/mol. The van der Waals surface area contributed by atoms with Crippen molar-refractivity contribution >= 4 is 17.0 Å². The highest BCUT2D eigenvalue weighted by molar-refractivity contribution is 5.82.